The van der Waals surface area contributed by atoms with Crippen LogP contribution < -0.4 is 10.9 Å². The summed E-state index contributed by atoms with van der Waals surface area (Å²) in [5.41, 5.74) is 4.73. The topological polar surface area (TPSA) is 81.3 Å². The number of aromatic nitrogens is 4. The van der Waals surface area contributed by atoms with Gasteiger partial charge in [-0.25, -0.2) is 0 Å². The van der Waals surface area contributed by atoms with E-state index >= 15 is 0 Å². The van der Waals surface area contributed by atoms with E-state index in [9.17, 15) is 9.59 Å². The number of hydrogen-bond donors (Lipinski definition) is 1. The predicted octanol–water partition coefficient (Wildman–Crippen LogP) is 4.16. The molecule has 2 aromatic heterocycles. The zero-order valence-electron chi connectivity index (χ0n) is 19.1. The van der Waals surface area contributed by atoms with Crippen molar-refractivity contribution in [2.75, 3.05) is 0 Å². The van der Waals surface area contributed by atoms with Crippen LogP contribution in [-0.2, 0) is 12.8 Å². The number of benzene rings is 2. The largest absolute Gasteiger partial charge is 0.349 e. The molecule has 8 heteroatoms. The van der Waals surface area contributed by atoms with Crippen LogP contribution in [0.1, 0.15) is 52.7 Å². The van der Waals surface area contributed by atoms with Crippen molar-refractivity contribution in [3.63, 3.8) is 0 Å². The minimum absolute atomic E-state index is 0.102. The van der Waals surface area contributed by atoms with Crippen LogP contribution in [0, 0.1) is 13.8 Å². The summed E-state index contributed by atoms with van der Waals surface area (Å²) in [5, 5.41) is 13.0. The molecule has 170 valence electrons. The van der Waals surface area contributed by atoms with Gasteiger partial charge in [-0.2, -0.15) is 0 Å². The molecule has 33 heavy (non-hydrogen) atoms. The Labute approximate surface area is 196 Å². The molecule has 5 rings (SSSR count). The molecule has 2 heterocycles. The van der Waals surface area contributed by atoms with Crippen LogP contribution in [-0.4, -0.2) is 31.1 Å². The number of nitrogens with zero attached hydrogens (tertiary/aromatic N) is 4. The Morgan fingerprint density at radius 2 is 1.91 bits per heavy atom. The Morgan fingerprint density at radius 1 is 1.12 bits per heavy atom. The summed E-state index contributed by atoms with van der Waals surface area (Å²) in [6.07, 6.45) is 4.35. The van der Waals surface area contributed by atoms with Gasteiger partial charge in [0.15, 0.2) is 5.16 Å². The predicted molar refractivity (Wildman–Crippen MR) is 131 cm³/mol. The number of thioether (sulfide) groups is 1. The second-order valence-corrected chi connectivity index (χ2v) is 9.83. The first-order chi connectivity index (χ1) is 15.9. The molecule has 4 aromatic rings. The van der Waals surface area contributed by atoms with Crippen LogP contribution in [0.2, 0.25) is 0 Å². The number of aryl methyl sites for hydroxylation is 3. The molecule has 1 amide bonds. The van der Waals surface area contributed by atoms with Crippen molar-refractivity contribution >= 4 is 34.3 Å². The fourth-order valence-corrected chi connectivity index (χ4v) is 5.53. The zero-order valence-corrected chi connectivity index (χ0v) is 19.9. The third-order valence-corrected chi connectivity index (χ3v) is 7.48. The second kappa shape index (κ2) is 8.67. The van der Waals surface area contributed by atoms with Crippen molar-refractivity contribution < 1.29 is 4.79 Å². The van der Waals surface area contributed by atoms with E-state index in [1.54, 1.807) is 37.0 Å². The highest BCUT2D eigenvalue weighted by Gasteiger charge is 2.20. The highest BCUT2D eigenvalue weighted by molar-refractivity contribution is 7.98. The van der Waals surface area contributed by atoms with Crippen LogP contribution in [0.5, 0.6) is 0 Å². The van der Waals surface area contributed by atoms with Crippen molar-refractivity contribution in [3.8, 4) is 0 Å². The molecule has 0 aliphatic heterocycles. The summed E-state index contributed by atoms with van der Waals surface area (Å²) in [6.45, 7) is 4.19. The molecule has 1 fully saturated rings. The van der Waals surface area contributed by atoms with Gasteiger partial charge in [-0.1, -0.05) is 48.4 Å². The number of carbonyl (C=O) groups is 1. The van der Waals surface area contributed by atoms with Crippen LogP contribution in [0.3, 0.4) is 0 Å². The standard InChI is InChI=1S/C25H27N5O2S/c1-15-8-9-16(2)18(12-15)14-33-25-28-27-24-29(3)23(32)20-11-10-17(13-21(20)30(24)25)22(31)26-19-6-4-5-7-19/h8-13,19H,4-7,14H2,1-3H3,(H,26,31). The molecule has 0 spiro atoms. The lowest BCUT2D eigenvalue weighted by Gasteiger charge is -2.13. The van der Waals surface area contributed by atoms with Gasteiger partial charge >= 0.3 is 0 Å². The molecule has 0 saturated heterocycles. The van der Waals surface area contributed by atoms with Gasteiger partial charge in [0.25, 0.3) is 11.5 Å². The van der Waals surface area contributed by atoms with Gasteiger partial charge in [-0.05, 0) is 56.0 Å². The van der Waals surface area contributed by atoms with E-state index in [0.29, 0.717) is 27.4 Å². The molecule has 2 aromatic carbocycles. The van der Waals surface area contributed by atoms with Crippen LogP contribution in [0.4, 0.5) is 0 Å². The van der Waals surface area contributed by atoms with E-state index in [4.69, 9.17) is 0 Å². The van der Waals surface area contributed by atoms with Crippen molar-refractivity contribution in [2.45, 2.75) is 56.5 Å². The first-order valence-electron chi connectivity index (χ1n) is 11.3. The van der Waals surface area contributed by atoms with Crippen LogP contribution >= 0.6 is 11.8 Å². The van der Waals surface area contributed by atoms with Crippen molar-refractivity contribution in [3.05, 3.63) is 69.0 Å². The van der Waals surface area contributed by atoms with E-state index in [2.05, 4.69) is 47.6 Å². The molecule has 1 aliphatic rings. The van der Waals surface area contributed by atoms with Gasteiger partial charge in [-0.15, -0.1) is 10.2 Å². The third kappa shape index (κ3) is 4.04. The Balaban J connectivity index is 1.56. The van der Waals surface area contributed by atoms with Gasteiger partial charge < -0.3 is 5.32 Å². The van der Waals surface area contributed by atoms with E-state index in [1.165, 1.54) is 21.3 Å². The highest BCUT2D eigenvalue weighted by atomic mass is 32.2. The summed E-state index contributed by atoms with van der Waals surface area (Å²) in [6, 6.07) is 11.9. The highest BCUT2D eigenvalue weighted by Crippen LogP contribution is 2.27. The summed E-state index contributed by atoms with van der Waals surface area (Å²) in [5.74, 6) is 1.10. The molecular formula is C25H27N5O2S. The molecule has 1 aliphatic carbocycles. The maximum absolute atomic E-state index is 12.9. The monoisotopic (exact) mass is 461 g/mol. The fourth-order valence-electron chi connectivity index (χ4n) is 4.53. The van der Waals surface area contributed by atoms with E-state index in [0.717, 1.165) is 31.4 Å². The van der Waals surface area contributed by atoms with Gasteiger partial charge in [-0.3, -0.25) is 18.6 Å². The number of nitrogens with one attached hydrogen (secondary N) is 1. The average Bonchev–Trinajstić information content (AvgIpc) is 3.47. The average molecular weight is 462 g/mol. The minimum Gasteiger partial charge on any atom is -0.349 e. The van der Waals surface area contributed by atoms with Gasteiger partial charge in [0.2, 0.25) is 5.78 Å². The van der Waals surface area contributed by atoms with Gasteiger partial charge in [0.05, 0.1) is 10.9 Å². The summed E-state index contributed by atoms with van der Waals surface area (Å²) in [4.78, 5) is 25.8. The van der Waals surface area contributed by atoms with Crippen molar-refractivity contribution in [2.24, 2.45) is 7.05 Å². The molecule has 1 N–H and O–H groups in total. The molecule has 1 saturated carbocycles. The molecule has 0 atom stereocenters. The number of fused-ring (bicyclic) bond motifs is 3. The maximum Gasteiger partial charge on any atom is 0.262 e. The quantitative estimate of drug-likeness (QED) is 0.451. The lowest BCUT2D eigenvalue weighted by atomic mass is 10.1. The van der Waals surface area contributed by atoms with Gasteiger partial charge in [0, 0.05) is 24.4 Å². The zero-order chi connectivity index (χ0) is 23.1. The van der Waals surface area contributed by atoms with Crippen LogP contribution in [0.15, 0.2) is 46.3 Å². The van der Waals surface area contributed by atoms with E-state index in [1.807, 2.05) is 4.40 Å². The Morgan fingerprint density at radius 3 is 2.70 bits per heavy atom. The number of carbonyl (C=O) groups excluding carboxylic acids is 1. The van der Waals surface area contributed by atoms with E-state index in [-0.39, 0.29) is 17.5 Å². The Kier molecular flexibility index (Phi) is 5.70. The SMILES string of the molecule is Cc1ccc(C)c(CSc2nnc3n(C)c(=O)c4ccc(C(=O)NC5CCCC5)cc4n23)c1. The lowest BCUT2D eigenvalue weighted by Crippen LogP contribution is -2.32. The summed E-state index contributed by atoms with van der Waals surface area (Å²) >= 11 is 1.58. The first-order valence-corrected chi connectivity index (χ1v) is 12.3. The molecule has 7 nitrogen and oxygen atoms in total. The molecular weight excluding hydrogens is 434 g/mol. The minimum atomic E-state index is -0.154. The summed E-state index contributed by atoms with van der Waals surface area (Å²) < 4.78 is 3.40. The maximum atomic E-state index is 12.9. The first kappa shape index (κ1) is 21.7. The number of hydrogen-bond acceptors (Lipinski definition) is 5. The normalized spacial score (nSPS) is 14.4. The van der Waals surface area contributed by atoms with Crippen molar-refractivity contribution in [1.82, 2.24) is 24.5 Å². The lowest BCUT2D eigenvalue weighted by molar-refractivity contribution is 0.0938. The van der Waals surface area contributed by atoms with E-state index < -0.39 is 0 Å². The molecule has 0 bridgehead atoms. The molecule has 0 unspecified atom stereocenters. The Bertz CT molecular complexity index is 1430. The fraction of sp³-hybridized carbons (Fsp3) is 0.360. The second-order valence-electron chi connectivity index (χ2n) is 8.89. The number of amides is 1. The number of rotatable bonds is 5. The molecule has 0 radical (unpaired) electrons. The smallest absolute Gasteiger partial charge is 0.262 e. The van der Waals surface area contributed by atoms with Crippen LogP contribution in [0.25, 0.3) is 16.7 Å². The summed E-state index contributed by atoms with van der Waals surface area (Å²) in [7, 11) is 1.70. The van der Waals surface area contributed by atoms with Gasteiger partial charge in [0.1, 0.15) is 0 Å². The third-order valence-electron chi connectivity index (χ3n) is 6.50. The van der Waals surface area contributed by atoms with Crippen molar-refractivity contribution in [1.29, 1.82) is 0 Å². The Hall–Kier alpha value is -3.13.